The number of hydrogen-bond donors (Lipinski definition) is 2. The Kier molecular flexibility index (Phi) is 10.8. The number of hydroxylamine groups is 1. The Morgan fingerprint density at radius 2 is 1.96 bits per heavy atom. The van der Waals surface area contributed by atoms with Gasteiger partial charge in [-0.15, -0.1) is 0 Å². The molecular weight excluding hydrogens is 352 g/mol. The van der Waals surface area contributed by atoms with E-state index in [-0.39, 0.29) is 0 Å². The van der Waals surface area contributed by atoms with Crippen LogP contribution in [-0.4, -0.2) is 45.4 Å². The lowest BCUT2D eigenvalue weighted by Gasteiger charge is -2.09. The van der Waals surface area contributed by atoms with Crippen molar-refractivity contribution in [3.8, 4) is 0 Å². The van der Waals surface area contributed by atoms with Crippen molar-refractivity contribution in [2.75, 3.05) is 19.6 Å². The van der Waals surface area contributed by atoms with Crippen LogP contribution in [0.1, 0.15) is 36.7 Å². The molecule has 0 atom stereocenters. The Labute approximate surface area is 168 Å². The lowest BCUT2D eigenvalue weighted by Crippen LogP contribution is -2.18. The summed E-state index contributed by atoms with van der Waals surface area (Å²) in [6, 6.07) is 0. The quantitative estimate of drug-likeness (QED) is 0.326. The lowest BCUT2D eigenvalue weighted by molar-refractivity contribution is -0.124. The number of nitrogens with one attached hydrogen (secondary N) is 1. The predicted octanol–water partition coefficient (Wildman–Crippen LogP) is 3.41. The third kappa shape index (κ3) is 8.06. The van der Waals surface area contributed by atoms with Crippen LogP contribution >= 0.6 is 0 Å². The molecule has 1 aromatic rings. The minimum absolute atomic E-state index is 0.552. The number of aromatic nitrogens is 2. The summed E-state index contributed by atoms with van der Waals surface area (Å²) in [6.07, 6.45) is 14.1. The van der Waals surface area contributed by atoms with Crippen LogP contribution in [0.25, 0.3) is 0 Å². The van der Waals surface area contributed by atoms with Gasteiger partial charge in [-0.1, -0.05) is 37.8 Å². The summed E-state index contributed by atoms with van der Waals surface area (Å²) in [6.45, 7) is 13.3. The first-order valence-electron chi connectivity index (χ1n) is 9.75. The molecule has 1 aromatic heterocycles. The van der Waals surface area contributed by atoms with Gasteiger partial charge in [-0.2, -0.15) is 5.10 Å². The standard InChI is InChI=1S/C14H20N2O2.C8H14N2/c1-2-13(8-9-14(17)15-18)7-3-4-10-16-11-5-6-12-16;1-5-8-6(2)9-10(4)7(8)3/h2-4,7-9,18H,1,5-6,10-12H2,(H,15,17);5H2,1-4H3/b4-3+,9-8+,13-7+;. The fraction of sp³-hybridized carbons (Fsp3) is 0.455. The third-order valence-electron chi connectivity index (χ3n) is 4.77. The van der Waals surface area contributed by atoms with E-state index in [4.69, 9.17) is 5.21 Å². The van der Waals surface area contributed by atoms with Gasteiger partial charge in [-0.25, -0.2) is 5.48 Å². The van der Waals surface area contributed by atoms with Crippen molar-refractivity contribution in [2.45, 2.75) is 40.0 Å². The topological polar surface area (TPSA) is 70.4 Å². The van der Waals surface area contributed by atoms with Crippen LogP contribution in [0.15, 0.2) is 48.6 Å². The highest BCUT2D eigenvalue weighted by molar-refractivity contribution is 5.87. The fourth-order valence-corrected chi connectivity index (χ4v) is 3.08. The summed E-state index contributed by atoms with van der Waals surface area (Å²) in [5.74, 6) is -0.552. The highest BCUT2D eigenvalue weighted by Crippen LogP contribution is 2.11. The minimum Gasteiger partial charge on any atom is -0.300 e. The Morgan fingerprint density at radius 1 is 1.29 bits per heavy atom. The number of likely N-dealkylation sites (tertiary alicyclic amines) is 1. The number of allylic oxidation sites excluding steroid dienone is 5. The van der Waals surface area contributed by atoms with Gasteiger partial charge in [0, 0.05) is 25.4 Å². The van der Waals surface area contributed by atoms with E-state index in [1.165, 1.54) is 54.4 Å². The molecule has 0 spiro atoms. The van der Waals surface area contributed by atoms with Crippen LogP contribution in [0.3, 0.4) is 0 Å². The molecule has 1 aliphatic rings. The molecule has 0 bridgehead atoms. The lowest BCUT2D eigenvalue weighted by atomic mass is 10.1. The number of rotatable bonds is 7. The Morgan fingerprint density at radius 3 is 2.43 bits per heavy atom. The maximum atomic E-state index is 10.8. The van der Waals surface area contributed by atoms with Crippen LogP contribution in [-0.2, 0) is 18.3 Å². The van der Waals surface area contributed by atoms with E-state index < -0.39 is 5.91 Å². The molecule has 0 unspecified atom stereocenters. The number of carbonyl (C=O) groups is 1. The molecule has 1 aliphatic heterocycles. The largest absolute Gasteiger partial charge is 0.300 e. The van der Waals surface area contributed by atoms with Crippen molar-refractivity contribution in [3.05, 3.63) is 65.6 Å². The predicted molar refractivity (Wildman–Crippen MR) is 114 cm³/mol. The Bertz CT molecular complexity index is 723. The number of nitrogens with zero attached hydrogens (tertiary/aromatic N) is 3. The van der Waals surface area contributed by atoms with E-state index in [1.54, 1.807) is 12.2 Å². The van der Waals surface area contributed by atoms with Gasteiger partial charge in [0.1, 0.15) is 0 Å². The average Bonchev–Trinajstić information content (AvgIpc) is 3.29. The van der Waals surface area contributed by atoms with Gasteiger partial charge >= 0.3 is 0 Å². The summed E-state index contributed by atoms with van der Waals surface area (Å²) in [4.78, 5) is 13.2. The molecule has 2 rings (SSSR count). The maximum Gasteiger partial charge on any atom is 0.267 e. The zero-order chi connectivity index (χ0) is 20.9. The molecule has 28 heavy (non-hydrogen) atoms. The minimum atomic E-state index is -0.552. The molecule has 2 heterocycles. The van der Waals surface area contributed by atoms with Crippen LogP contribution < -0.4 is 5.48 Å². The molecule has 0 saturated carbocycles. The number of hydrogen-bond acceptors (Lipinski definition) is 4. The van der Waals surface area contributed by atoms with Gasteiger partial charge in [0.2, 0.25) is 0 Å². The Balaban J connectivity index is 0.000000330. The zero-order valence-electron chi connectivity index (χ0n) is 17.6. The second-order valence-electron chi connectivity index (χ2n) is 6.74. The number of aryl methyl sites for hydroxylation is 2. The molecule has 1 fully saturated rings. The zero-order valence-corrected chi connectivity index (χ0v) is 17.6. The molecule has 6 heteroatoms. The second kappa shape index (κ2) is 12.9. The number of carbonyl (C=O) groups excluding carboxylic acids is 1. The molecule has 0 aliphatic carbocycles. The second-order valence-corrected chi connectivity index (χ2v) is 6.74. The normalized spacial score (nSPS) is 15.1. The molecule has 1 saturated heterocycles. The van der Waals surface area contributed by atoms with E-state index in [0.29, 0.717) is 0 Å². The molecule has 0 aromatic carbocycles. The maximum absolute atomic E-state index is 10.8. The number of amides is 1. The van der Waals surface area contributed by atoms with Gasteiger partial charge in [-0.3, -0.25) is 19.6 Å². The van der Waals surface area contributed by atoms with Gasteiger partial charge in [0.15, 0.2) is 0 Å². The highest BCUT2D eigenvalue weighted by atomic mass is 16.5. The van der Waals surface area contributed by atoms with Gasteiger partial charge in [0.05, 0.1) is 5.69 Å². The first-order chi connectivity index (χ1) is 13.4. The first kappa shape index (κ1) is 23.6. The van der Waals surface area contributed by atoms with Gasteiger partial charge in [0.25, 0.3) is 5.91 Å². The molecule has 6 nitrogen and oxygen atoms in total. The van der Waals surface area contributed by atoms with Crippen molar-refractivity contribution in [1.29, 1.82) is 0 Å². The van der Waals surface area contributed by atoms with Crippen molar-refractivity contribution >= 4 is 5.91 Å². The highest BCUT2D eigenvalue weighted by Gasteiger charge is 2.08. The fourth-order valence-electron chi connectivity index (χ4n) is 3.08. The summed E-state index contributed by atoms with van der Waals surface area (Å²) in [7, 11) is 1.99. The van der Waals surface area contributed by atoms with Gasteiger partial charge in [-0.05, 0) is 63.4 Å². The van der Waals surface area contributed by atoms with Crippen LogP contribution in [0.5, 0.6) is 0 Å². The summed E-state index contributed by atoms with van der Waals surface area (Å²) >= 11 is 0. The first-order valence-corrected chi connectivity index (χ1v) is 9.75. The van der Waals surface area contributed by atoms with Crippen LogP contribution in [0.4, 0.5) is 0 Å². The van der Waals surface area contributed by atoms with Crippen molar-refractivity contribution in [3.63, 3.8) is 0 Å². The third-order valence-corrected chi connectivity index (χ3v) is 4.77. The molecular formula is C22H34N4O2. The van der Waals surface area contributed by atoms with E-state index >= 15 is 0 Å². The van der Waals surface area contributed by atoms with E-state index in [1.807, 2.05) is 23.9 Å². The van der Waals surface area contributed by atoms with Gasteiger partial charge < -0.3 is 0 Å². The summed E-state index contributed by atoms with van der Waals surface area (Å²) < 4.78 is 1.94. The molecule has 154 valence electrons. The van der Waals surface area contributed by atoms with Crippen molar-refractivity contribution in [1.82, 2.24) is 20.2 Å². The summed E-state index contributed by atoms with van der Waals surface area (Å²) in [5, 5.41) is 12.6. The average molecular weight is 387 g/mol. The van der Waals surface area contributed by atoms with Crippen LogP contribution in [0, 0.1) is 13.8 Å². The smallest absolute Gasteiger partial charge is 0.267 e. The van der Waals surface area contributed by atoms with Crippen molar-refractivity contribution in [2.24, 2.45) is 7.05 Å². The van der Waals surface area contributed by atoms with Crippen LogP contribution in [0.2, 0.25) is 0 Å². The Hall–Kier alpha value is -2.44. The monoisotopic (exact) mass is 386 g/mol. The van der Waals surface area contributed by atoms with E-state index in [0.717, 1.165) is 18.5 Å². The molecule has 2 N–H and O–H groups in total. The van der Waals surface area contributed by atoms with Crippen molar-refractivity contribution < 1.29 is 10.0 Å². The SMILES string of the molecule is C=CC(/C=C/C(=O)NO)=C\C=C\CN1CCCC1.CCc1c(C)nn(C)c1C. The molecule has 0 radical (unpaired) electrons. The van der Waals surface area contributed by atoms with E-state index in [9.17, 15) is 4.79 Å². The molecule has 1 amide bonds. The van der Waals surface area contributed by atoms with E-state index in [2.05, 4.69) is 43.4 Å². The summed E-state index contributed by atoms with van der Waals surface area (Å²) in [5.41, 5.74) is 6.20.